The van der Waals surface area contributed by atoms with Gasteiger partial charge in [0.1, 0.15) is 17.6 Å². The number of aryl methyl sites for hydroxylation is 1. The van der Waals surface area contributed by atoms with Crippen molar-refractivity contribution in [2.24, 2.45) is 0 Å². The average Bonchev–Trinajstić information content (AvgIpc) is 2.98. The molecule has 0 fully saturated rings. The Balaban J connectivity index is 2.12. The molecule has 3 aromatic rings. The zero-order valence-corrected chi connectivity index (χ0v) is 18.9. The van der Waals surface area contributed by atoms with Gasteiger partial charge in [-0.2, -0.15) is 5.26 Å². The number of rotatable bonds is 4. The number of nitriles is 1. The maximum absolute atomic E-state index is 9.71. The van der Waals surface area contributed by atoms with Gasteiger partial charge >= 0.3 is 0 Å². The van der Waals surface area contributed by atoms with Crippen LogP contribution in [0.3, 0.4) is 0 Å². The van der Waals surface area contributed by atoms with Crippen molar-refractivity contribution in [1.29, 1.82) is 5.26 Å². The molecule has 0 aliphatic rings. The zero-order valence-electron chi connectivity index (χ0n) is 14.6. The number of H-pyrrole nitrogens is 1. The number of hydrogen-bond donors (Lipinski definition) is 1. The Bertz CT molecular complexity index is 1050. The Labute approximate surface area is 179 Å². The van der Waals surface area contributed by atoms with Gasteiger partial charge in [0.05, 0.1) is 26.3 Å². The first-order chi connectivity index (χ1) is 12.4. The smallest absolute Gasteiger partial charge is 0.149 e. The summed E-state index contributed by atoms with van der Waals surface area (Å²) in [6.07, 6.45) is 1.89. The summed E-state index contributed by atoms with van der Waals surface area (Å²) >= 11 is 4.54. The van der Waals surface area contributed by atoms with Crippen LogP contribution in [0.2, 0.25) is 0 Å². The topological polar surface area (TPSA) is 61.7 Å². The van der Waals surface area contributed by atoms with Crippen LogP contribution in [0, 0.1) is 25.4 Å². The molecule has 0 saturated carbocycles. The number of nitrogens with one attached hydrogen (secondary N) is 1. The number of aromatic nitrogens is 2. The molecule has 0 unspecified atom stereocenters. The molecule has 0 aliphatic carbocycles. The van der Waals surface area contributed by atoms with Gasteiger partial charge in [-0.1, -0.05) is 6.07 Å². The van der Waals surface area contributed by atoms with Crippen molar-refractivity contribution in [1.82, 2.24) is 9.97 Å². The SMILES string of the molecule is Cc1ccc2nc(/C(C#N)=C\c3cc(I)cc(I)c3OC(C)C)[nH]c2c1. The van der Waals surface area contributed by atoms with Crippen molar-refractivity contribution in [3.8, 4) is 11.8 Å². The number of allylic oxidation sites excluding steroid dienone is 1. The fourth-order valence-corrected chi connectivity index (χ4v) is 4.62. The zero-order chi connectivity index (χ0) is 18.8. The van der Waals surface area contributed by atoms with E-state index < -0.39 is 0 Å². The molecule has 0 radical (unpaired) electrons. The first-order valence-electron chi connectivity index (χ1n) is 8.11. The van der Waals surface area contributed by atoms with Gasteiger partial charge in [-0.05, 0) is 102 Å². The van der Waals surface area contributed by atoms with Gasteiger partial charge in [0.2, 0.25) is 0 Å². The molecule has 0 bridgehead atoms. The maximum Gasteiger partial charge on any atom is 0.149 e. The number of fused-ring (bicyclic) bond motifs is 1. The van der Waals surface area contributed by atoms with Gasteiger partial charge in [-0.15, -0.1) is 0 Å². The normalized spacial score (nSPS) is 11.8. The van der Waals surface area contributed by atoms with Crippen molar-refractivity contribution in [3.05, 3.63) is 54.4 Å². The highest BCUT2D eigenvalue weighted by Gasteiger charge is 2.14. The van der Waals surface area contributed by atoms with E-state index in [1.165, 1.54) is 0 Å². The first-order valence-corrected chi connectivity index (χ1v) is 10.3. The van der Waals surface area contributed by atoms with Gasteiger partial charge in [-0.25, -0.2) is 4.98 Å². The fraction of sp³-hybridized carbons (Fsp3) is 0.200. The van der Waals surface area contributed by atoms with E-state index in [2.05, 4.69) is 67.3 Å². The summed E-state index contributed by atoms with van der Waals surface area (Å²) in [4.78, 5) is 7.82. The second-order valence-corrected chi connectivity index (χ2v) is 8.66. The summed E-state index contributed by atoms with van der Waals surface area (Å²) < 4.78 is 8.10. The Morgan fingerprint density at radius 2 is 2.04 bits per heavy atom. The van der Waals surface area contributed by atoms with Crippen LogP contribution in [0.5, 0.6) is 5.75 Å². The average molecular weight is 569 g/mol. The molecule has 0 atom stereocenters. The molecule has 1 heterocycles. The van der Waals surface area contributed by atoms with Crippen molar-refractivity contribution < 1.29 is 4.74 Å². The molecule has 26 heavy (non-hydrogen) atoms. The summed E-state index contributed by atoms with van der Waals surface area (Å²) in [6.45, 7) is 6.02. The van der Waals surface area contributed by atoms with Crippen molar-refractivity contribution in [3.63, 3.8) is 0 Å². The van der Waals surface area contributed by atoms with Crippen LogP contribution in [0.4, 0.5) is 0 Å². The van der Waals surface area contributed by atoms with Crippen LogP contribution in [-0.4, -0.2) is 16.1 Å². The molecule has 0 amide bonds. The number of halogens is 2. The lowest BCUT2D eigenvalue weighted by atomic mass is 10.1. The molecule has 3 rings (SSSR count). The van der Waals surface area contributed by atoms with Crippen LogP contribution < -0.4 is 4.74 Å². The number of aromatic amines is 1. The van der Waals surface area contributed by atoms with E-state index in [1.807, 2.05) is 51.1 Å². The maximum atomic E-state index is 9.71. The van der Waals surface area contributed by atoms with E-state index >= 15 is 0 Å². The van der Waals surface area contributed by atoms with E-state index in [9.17, 15) is 5.26 Å². The van der Waals surface area contributed by atoms with Crippen LogP contribution >= 0.6 is 45.2 Å². The van der Waals surface area contributed by atoms with E-state index in [-0.39, 0.29) is 6.10 Å². The lowest BCUT2D eigenvalue weighted by Crippen LogP contribution is -2.08. The second-order valence-electron chi connectivity index (χ2n) is 6.25. The van der Waals surface area contributed by atoms with Crippen LogP contribution in [0.15, 0.2) is 30.3 Å². The van der Waals surface area contributed by atoms with E-state index in [0.29, 0.717) is 11.4 Å². The number of benzene rings is 2. The number of hydrogen-bond acceptors (Lipinski definition) is 3. The van der Waals surface area contributed by atoms with Gasteiger partial charge in [-0.3, -0.25) is 0 Å². The lowest BCUT2D eigenvalue weighted by Gasteiger charge is -2.15. The largest absolute Gasteiger partial charge is 0.489 e. The second kappa shape index (κ2) is 7.96. The highest BCUT2D eigenvalue weighted by atomic mass is 127. The van der Waals surface area contributed by atoms with Crippen LogP contribution in [0.1, 0.15) is 30.8 Å². The number of nitrogens with zero attached hydrogens (tertiary/aromatic N) is 2. The molecule has 2 aromatic carbocycles. The number of ether oxygens (including phenoxy) is 1. The molecule has 1 aromatic heterocycles. The highest BCUT2D eigenvalue weighted by molar-refractivity contribution is 14.1. The minimum absolute atomic E-state index is 0.0513. The summed E-state index contributed by atoms with van der Waals surface area (Å²) in [5, 5.41) is 9.71. The third kappa shape index (κ3) is 4.20. The van der Waals surface area contributed by atoms with Gasteiger partial charge < -0.3 is 9.72 Å². The summed E-state index contributed by atoms with van der Waals surface area (Å²) in [6, 6.07) is 12.4. The molecule has 4 nitrogen and oxygen atoms in total. The molecule has 6 heteroatoms. The van der Waals surface area contributed by atoms with Crippen molar-refractivity contribution in [2.75, 3.05) is 0 Å². The van der Waals surface area contributed by atoms with Crippen molar-refractivity contribution in [2.45, 2.75) is 26.9 Å². The monoisotopic (exact) mass is 569 g/mol. The van der Waals surface area contributed by atoms with Gasteiger partial charge in [0.25, 0.3) is 0 Å². The molecule has 0 saturated heterocycles. The molecular weight excluding hydrogens is 552 g/mol. The predicted octanol–water partition coefficient (Wildman–Crippen LogP) is 5.93. The van der Waals surface area contributed by atoms with Crippen LogP contribution in [0.25, 0.3) is 22.7 Å². The Hall–Kier alpha value is -1.60. The molecule has 0 aliphatic heterocycles. The Morgan fingerprint density at radius 1 is 1.27 bits per heavy atom. The highest BCUT2D eigenvalue weighted by Crippen LogP contribution is 2.32. The van der Waals surface area contributed by atoms with Crippen molar-refractivity contribution >= 4 is 67.9 Å². The summed E-state index contributed by atoms with van der Waals surface area (Å²) in [5.74, 6) is 1.36. The van der Waals surface area contributed by atoms with E-state index in [4.69, 9.17) is 4.74 Å². The number of imidazole rings is 1. The van der Waals surface area contributed by atoms with Crippen LogP contribution in [-0.2, 0) is 0 Å². The molecule has 1 N–H and O–H groups in total. The summed E-state index contributed by atoms with van der Waals surface area (Å²) in [5.41, 5.74) is 4.28. The predicted molar refractivity (Wildman–Crippen MR) is 122 cm³/mol. The van der Waals surface area contributed by atoms with Gasteiger partial charge in [0.15, 0.2) is 0 Å². The van der Waals surface area contributed by atoms with E-state index in [1.54, 1.807) is 0 Å². The standard InChI is InChI=1S/C20H17I2N3O/c1-11(2)26-19-13(8-15(21)9-16(19)22)7-14(10-23)20-24-17-5-4-12(3)6-18(17)25-20/h4-9,11H,1-3H3,(H,24,25)/b14-7-. The molecule has 132 valence electrons. The minimum Gasteiger partial charge on any atom is -0.489 e. The van der Waals surface area contributed by atoms with Gasteiger partial charge in [0, 0.05) is 9.13 Å². The lowest BCUT2D eigenvalue weighted by molar-refractivity contribution is 0.240. The quantitative estimate of drug-likeness (QED) is 0.313. The van der Waals surface area contributed by atoms with E-state index in [0.717, 1.165) is 35.1 Å². The third-order valence-corrected chi connectivity index (χ3v) is 5.13. The Kier molecular flexibility index (Phi) is 5.87. The first kappa shape index (κ1) is 19.2. The minimum atomic E-state index is 0.0513. The molecule has 0 spiro atoms. The Morgan fingerprint density at radius 3 is 2.73 bits per heavy atom. The molecular formula is C20H17I2N3O. The summed E-state index contributed by atoms with van der Waals surface area (Å²) in [7, 11) is 0. The third-order valence-electron chi connectivity index (χ3n) is 3.70. The fourth-order valence-electron chi connectivity index (χ4n) is 2.61.